The Hall–Kier alpha value is -0.211. The lowest BCUT2D eigenvalue weighted by Gasteiger charge is -2.35. The second-order valence-corrected chi connectivity index (χ2v) is 12.4. The Balaban J connectivity index is 6.13. The molecule has 0 saturated heterocycles. The molecule has 0 aromatic carbocycles. The van der Waals surface area contributed by atoms with E-state index < -0.39 is 60.4 Å². The van der Waals surface area contributed by atoms with E-state index in [1.54, 1.807) is 0 Å². The molecule has 0 amide bonds. The van der Waals surface area contributed by atoms with Crippen molar-refractivity contribution in [2.45, 2.75) is 75.8 Å². The Labute approximate surface area is 163 Å². The number of alkyl halides is 12. The molecular formula is C12H17AlF12O3Si. The topological polar surface area (TPSA) is 27.7 Å². The van der Waals surface area contributed by atoms with Crippen LogP contribution in [0.4, 0.5) is 52.7 Å². The van der Waals surface area contributed by atoms with Crippen LogP contribution in [0.5, 0.6) is 0 Å². The minimum absolute atomic E-state index is 0.0123. The molecule has 0 rings (SSSR count). The van der Waals surface area contributed by atoms with Crippen molar-refractivity contribution in [1.29, 1.82) is 0 Å². The van der Waals surface area contributed by atoms with Gasteiger partial charge in [0.1, 0.15) is 0 Å². The van der Waals surface area contributed by atoms with Crippen molar-refractivity contribution in [2.24, 2.45) is 0 Å². The van der Waals surface area contributed by atoms with Gasteiger partial charge in [0.2, 0.25) is 12.2 Å². The fraction of sp³-hybridized carbons (Fsp3) is 1.00. The van der Waals surface area contributed by atoms with Crippen LogP contribution >= 0.6 is 0 Å². The fourth-order valence-corrected chi connectivity index (χ4v) is 8.90. The second-order valence-electron chi connectivity index (χ2n) is 5.85. The Bertz CT molecular complexity index is 430. The summed E-state index contributed by atoms with van der Waals surface area (Å²) in [5.74, 6) is 0. The fourth-order valence-electron chi connectivity index (χ4n) is 2.19. The molecule has 0 heterocycles. The first kappa shape index (κ1) is 28.8. The third-order valence-electron chi connectivity index (χ3n) is 3.96. The van der Waals surface area contributed by atoms with Gasteiger partial charge in [-0.3, -0.25) is 0 Å². The van der Waals surface area contributed by atoms with Crippen molar-refractivity contribution in [3.8, 4) is 0 Å². The predicted octanol–water partition coefficient (Wildman–Crippen LogP) is 6.01. The molecule has 0 fully saturated rings. The van der Waals surface area contributed by atoms with E-state index in [1.165, 1.54) is 20.8 Å². The van der Waals surface area contributed by atoms with E-state index in [0.717, 1.165) is 0 Å². The number of hydrogen-bond donors (Lipinski definition) is 0. The molecule has 0 aromatic heterocycles. The van der Waals surface area contributed by atoms with Crippen LogP contribution in [0.3, 0.4) is 0 Å². The molecule has 0 aliphatic heterocycles. The highest BCUT2D eigenvalue weighted by Gasteiger charge is 2.65. The molecule has 0 aliphatic rings. The molecule has 17 heteroatoms. The summed E-state index contributed by atoms with van der Waals surface area (Å²) in [6.45, 7) is 4.17. The zero-order chi connectivity index (χ0) is 23.5. The van der Waals surface area contributed by atoms with E-state index in [1.807, 2.05) is 0 Å². The Morgan fingerprint density at radius 3 is 1.00 bits per heavy atom. The summed E-state index contributed by atoms with van der Waals surface area (Å²) in [4.78, 5) is 0. The molecule has 174 valence electrons. The SMILES string of the molecule is CC[Si](CC)(CC)[O][Al]([O]C(C(F)(F)F)C(F)(F)F)[O]C(C(F)(F)F)C(F)(F)F. The maximum atomic E-state index is 12.7. The zero-order valence-corrected chi connectivity index (χ0v) is 17.3. The number of rotatable bonds is 9. The van der Waals surface area contributed by atoms with E-state index in [-0.39, 0.29) is 18.1 Å². The van der Waals surface area contributed by atoms with Gasteiger partial charge in [0, 0.05) is 0 Å². The van der Waals surface area contributed by atoms with Gasteiger partial charge in [-0.05, 0) is 18.1 Å². The van der Waals surface area contributed by atoms with Crippen molar-refractivity contribution in [2.75, 3.05) is 0 Å². The lowest BCUT2D eigenvalue weighted by atomic mass is 10.3. The van der Waals surface area contributed by atoms with E-state index in [9.17, 15) is 52.7 Å². The van der Waals surface area contributed by atoms with Crippen LogP contribution in [0.25, 0.3) is 0 Å². The largest absolute Gasteiger partial charge is 0.895 e. The van der Waals surface area contributed by atoms with Gasteiger partial charge in [-0.1, -0.05) is 20.8 Å². The highest BCUT2D eigenvalue weighted by Crippen LogP contribution is 2.40. The van der Waals surface area contributed by atoms with Gasteiger partial charge in [0.15, 0.2) is 8.32 Å². The van der Waals surface area contributed by atoms with Crippen LogP contribution in [0.15, 0.2) is 0 Å². The lowest BCUT2D eigenvalue weighted by molar-refractivity contribution is -0.321. The predicted molar refractivity (Wildman–Crippen MR) is 78.0 cm³/mol. The molecule has 29 heavy (non-hydrogen) atoms. The van der Waals surface area contributed by atoms with E-state index >= 15 is 0 Å². The van der Waals surface area contributed by atoms with Crippen molar-refractivity contribution >= 4 is 23.5 Å². The van der Waals surface area contributed by atoms with Gasteiger partial charge < -0.3 is 11.1 Å². The second kappa shape index (κ2) is 9.94. The summed E-state index contributed by atoms with van der Waals surface area (Å²) in [7, 11) is -3.31. The molecule has 0 radical (unpaired) electrons. The molecule has 0 aliphatic carbocycles. The summed E-state index contributed by atoms with van der Waals surface area (Å²) in [5.41, 5.74) is 0. The van der Waals surface area contributed by atoms with Gasteiger partial charge in [-0.15, -0.1) is 0 Å². The Morgan fingerprint density at radius 1 is 0.586 bits per heavy atom. The Kier molecular flexibility index (Phi) is 9.87. The van der Waals surface area contributed by atoms with E-state index in [0.29, 0.717) is 0 Å². The van der Waals surface area contributed by atoms with Crippen molar-refractivity contribution in [1.82, 2.24) is 0 Å². The van der Waals surface area contributed by atoms with Crippen LogP contribution < -0.4 is 0 Å². The quantitative estimate of drug-likeness (QED) is 0.292. The highest BCUT2D eigenvalue weighted by molar-refractivity contribution is 6.78. The van der Waals surface area contributed by atoms with E-state index in [2.05, 4.69) is 7.58 Å². The van der Waals surface area contributed by atoms with Crippen LogP contribution in [0, 0.1) is 0 Å². The van der Waals surface area contributed by atoms with Gasteiger partial charge in [0.05, 0.1) is 0 Å². The van der Waals surface area contributed by atoms with Crippen LogP contribution in [-0.4, -0.2) is 60.4 Å². The van der Waals surface area contributed by atoms with Crippen LogP contribution in [0.2, 0.25) is 18.1 Å². The monoisotopic (exact) mass is 492 g/mol. The first-order valence-electron chi connectivity index (χ1n) is 7.99. The smallest absolute Gasteiger partial charge is 0.498 e. The minimum Gasteiger partial charge on any atom is -0.498 e. The number of halogens is 12. The van der Waals surface area contributed by atoms with E-state index in [4.69, 9.17) is 3.48 Å². The molecule has 3 nitrogen and oxygen atoms in total. The summed E-state index contributed by atoms with van der Waals surface area (Å²) < 4.78 is 165. The molecule has 0 saturated carbocycles. The molecule has 0 atom stereocenters. The summed E-state index contributed by atoms with van der Waals surface area (Å²) in [6, 6.07) is -0.0368. The molecular weight excluding hydrogens is 475 g/mol. The summed E-state index contributed by atoms with van der Waals surface area (Å²) >= 11 is -5.24. The molecule has 0 spiro atoms. The van der Waals surface area contributed by atoms with Crippen LogP contribution in [-0.2, 0) is 11.1 Å². The van der Waals surface area contributed by atoms with Crippen LogP contribution in [0.1, 0.15) is 20.8 Å². The van der Waals surface area contributed by atoms with Gasteiger partial charge >= 0.3 is 39.9 Å². The number of hydrogen-bond acceptors (Lipinski definition) is 3. The molecule has 0 bridgehead atoms. The third kappa shape index (κ3) is 8.82. The van der Waals surface area contributed by atoms with Gasteiger partial charge in [-0.25, -0.2) is 0 Å². The van der Waals surface area contributed by atoms with Gasteiger partial charge in [-0.2, -0.15) is 52.7 Å². The summed E-state index contributed by atoms with van der Waals surface area (Å²) in [5, 5.41) is 0. The highest BCUT2D eigenvalue weighted by atomic mass is 28.4. The van der Waals surface area contributed by atoms with Gasteiger partial charge in [0.25, 0.3) is 0 Å². The maximum Gasteiger partial charge on any atom is 0.895 e. The maximum absolute atomic E-state index is 12.7. The first-order valence-corrected chi connectivity index (χ1v) is 11.9. The normalized spacial score (nSPS) is 14.8. The lowest BCUT2D eigenvalue weighted by Crippen LogP contribution is -2.56. The molecule has 0 unspecified atom stereocenters. The molecule has 0 N–H and O–H groups in total. The Morgan fingerprint density at radius 2 is 0.828 bits per heavy atom. The third-order valence-corrected chi connectivity index (χ3v) is 11.6. The van der Waals surface area contributed by atoms with Crippen molar-refractivity contribution < 1.29 is 63.7 Å². The summed E-state index contributed by atoms with van der Waals surface area (Å²) in [6.07, 6.45) is -34.0. The van der Waals surface area contributed by atoms with Crippen molar-refractivity contribution in [3.63, 3.8) is 0 Å². The molecule has 0 aromatic rings. The minimum atomic E-state index is -6.17. The van der Waals surface area contributed by atoms with Crippen molar-refractivity contribution in [3.05, 3.63) is 0 Å². The first-order chi connectivity index (χ1) is 12.7. The average molecular weight is 492 g/mol. The average Bonchev–Trinajstić information content (AvgIpc) is 2.50. The zero-order valence-electron chi connectivity index (χ0n) is 15.1. The standard InChI is InChI=1S/C6H15OSi.2C3HF6O.Al/c1-4-8(7,5-2)6-3;2*4-2(5,6)1(10)3(7,8)9;/h4-6H2,1-3H3;2*1H;/q3*-1;+3.